The molecule has 1 aliphatic rings. The first-order valence-corrected chi connectivity index (χ1v) is 3.71. The maximum atomic E-state index is 5.30. The van der Waals surface area contributed by atoms with Crippen molar-refractivity contribution in [1.29, 1.82) is 0 Å². The highest BCUT2D eigenvalue weighted by molar-refractivity contribution is 5.31. The molecule has 2 heterocycles. The van der Waals surface area contributed by atoms with E-state index in [1.54, 1.807) is 0 Å². The van der Waals surface area contributed by atoms with E-state index in [0.29, 0.717) is 0 Å². The third kappa shape index (κ3) is 0.878. The third-order valence-electron chi connectivity index (χ3n) is 2.14. The van der Waals surface area contributed by atoms with E-state index in [2.05, 4.69) is 12.1 Å². The van der Waals surface area contributed by atoms with E-state index in [1.807, 2.05) is 13.8 Å². The Morgan fingerprint density at radius 3 is 2.45 bits per heavy atom. The summed E-state index contributed by atoms with van der Waals surface area (Å²) in [6.45, 7) is 6.70. The van der Waals surface area contributed by atoms with Crippen LogP contribution in [0.15, 0.2) is 4.52 Å². The highest BCUT2D eigenvalue weighted by Gasteiger charge is 2.45. The van der Waals surface area contributed by atoms with Gasteiger partial charge in [-0.05, 0) is 20.8 Å². The van der Waals surface area contributed by atoms with Crippen LogP contribution in [0.25, 0.3) is 0 Å². The number of nitrogens with zero attached hydrogens (tertiary/aromatic N) is 1. The lowest BCUT2D eigenvalue weighted by Gasteiger charge is -2.01. The Balaban J connectivity index is 2.50. The molecule has 3 heteroatoms. The summed E-state index contributed by atoms with van der Waals surface area (Å²) in [7, 11) is 0. The van der Waals surface area contributed by atoms with E-state index in [9.17, 15) is 0 Å². The number of hydrogen-bond acceptors (Lipinski definition) is 3. The average molecular weight is 153 g/mol. The molecule has 1 unspecified atom stereocenters. The predicted molar refractivity (Wildman–Crippen MR) is 39.3 cm³/mol. The van der Waals surface area contributed by atoms with Gasteiger partial charge in [0.15, 0.2) is 0 Å². The van der Waals surface area contributed by atoms with E-state index in [-0.39, 0.29) is 5.60 Å². The number of aryl methyl sites for hydroxylation is 2. The molecule has 1 saturated heterocycles. The summed E-state index contributed by atoms with van der Waals surface area (Å²) in [4.78, 5) is 0. The minimum Gasteiger partial charge on any atom is -0.365 e. The van der Waals surface area contributed by atoms with E-state index < -0.39 is 0 Å². The number of aromatic nitrogens is 1. The lowest BCUT2D eigenvalue weighted by atomic mass is 10.0. The van der Waals surface area contributed by atoms with Crippen LogP contribution in [0.5, 0.6) is 0 Å². The fourth-order valence-corrected chi connectivity index (χ4v) is 1.49. The van der Waals surface area contributed by atoms with E-state index >= 15 is 0 Å². The summed E-state index contributed by atoms with van der Waals surface area (Å²) in [5, 5.41) is 3.87. The molecule has 0 spiro atoms. The van der Waals surface area contributed by atoms with Gasteiger partial charge in [-0.15, -0.1) is 0 Å². The van der Waals surface area contributed by atoms with Gasteiger partial charge >= 0.3 is 0 Å². The van der Waals surface area contributed by atoms with Crippen molar-refractivity contribution in [3.05, 3.63) is 17.0 Å². The van der Waals surface area contributed by atoms with Crippen molar-refractivity contribution < 1.29 is 9.26 Å². The minimum atomic E-state index is -0.103. The Morgan fingerprint density at radius 1 is 1.45 bits per heavy atom. The van der Waals surface area contributed by atoms with Gasteiger partial charge in [0.05, 0.1) is 17.9 Å². The van der Waals surface area contributed by atoms with Crippen molar-refractivity contribution in [2.24, 2.45) is 0 Å². The summed E-state index contributed by atoms with van der Waals surface area (Å²) in [6, 6.07) is 0. The Bertz CT molecular complexity index is 267. The number of rotatable bonds is 1. The predicted octanol–water partition coefficient (Wildman–Crippen LogP) is 1.54. The van der Waals surface area contributed by atoms with Crippen LogP contribution in [0.2, 0.25) is 0 Å². The van der Waals surface area contributed by atoms with Crippen LogP contribution >= 0.6 is 0 Å². The maximum absolute atomic E-state index is 5.30. The van der Waals surface area contributed by atoms with Gasteiger partial charge in [-0.3, -0.25) is 0 Å². The van der Waals surface area contributed by atoms with Crippen molar-refractivity contribution in [3.8, 4) is 0 Å². The van der Waals surface area contributed by atoms with Gasteiger partial charge < -0.3 is 9.26 Å². The summed E-state index contributed by atoms with van der Waals surface area (Å²) >= 11 is 0. The fraction of sp³-hybridized carbons (Fsp3) is 0.625. The maximum Gasteiger partial charge on any atom is 0.140 e. The molecular formula is C8H11NO2. The summed E-state index contributed by atoms with van der Waals surface area (Å²) in [5.74, 6) is 0.877. The van der Waals surface area contributed by atoms with Gasteiger partial charge in [0.25, 0.3) is 0 Å². The number of hydrogen-bond donors (Lipinski definition) is 0. The first-order chi connectivity index (χ1) is 5.13. The van der Waals surface area contributed by atoms with Crippen molar-refractivity contribution in [2.45, 2.75) is 26.4 Å². The van der Waals surface area contributed by atoms with Crippen molar-refractivity contribution in [1.82, 2.24) is 5.16 Å². The first kappa shape index (κ1) is 6.85. The van der Waals surface area contributed by atoms with Crippen molar-refractivity contribution in [3.63, 3.8) is 0 Å². The van der Waals surface area contributed by atoms with Crippen LogP contribution in [-0.4, -0.2) is 11.8 Å². The molecule has 60 valence electrons. The fourth-order valence-electron chi connectivity index (χ4n) is 1.49. The zero-order chi connectivity index (χ0) is 8.06. The van der Waals surface area contributed by atoms with Gasteiger partial charge in [-0.25, -0.2) is 0 Å². The summed E-state index contributed by atoms with van der Waals surface area (Å²) in [5.41, 5.74) is 1.97. The number of epoxide rings is 1. The third-order valence-corrected chi connectivity index (χ3v) is 2.14. The van der Waals surface area contributed by atoms with E-state index in [1.165, 1.54) is 0 Å². The summed E-state index contributed by atoms with van der Waals surface area (Å²) < 4.78 is 10.3. The van der Waals surface area contributed by atoms with Crippen LogP contribution in [0.4, 0.5) is 0 Å². The molecule has 1 aliphatic heterocycles. The Morgan fingerprint density at radius 2 is 2.09 bits per heavy atom. The normalized spacial score (nSPS) is 29.0. The molecular weight excluding hydrogens is 142 g/mol. The minimum absolute atomic E-state index is 0.103. The molecule has 0 amide bonds. The zero-order valence-corrected chi connectivity index (χ0v) is 6.97. The average Bonchev–Trinajstić information content (AvgIpc) is 2.56. The van der Waals surface area contributed by atoms with E-state index in [0.717, 1.165) is 23.6 Å². The quantitative estimate of drug-likeness (QED) is 0.574. The second-order valence-electron chi connectivity index (χ2n) is 3.22. The molecule has 3 nitrogen and oxygen atoms in total. The zero-order valence-electron chi connectivity index (χ0n) is 6.97. The molecule has 1 fully saturated rings. The lowest BCUT2D eigenvalue weighted by molar-refractivity contribution is 0.323. The van der Waals surface area contributed by atoms with Crippen LogP contribution in [0, 0.1) is 13.8 Å². The van der Waals surface area contributed by atoms with Crippen LogP contribution in [0.3, 0.4) is 0 Å². The van der Waals surface area contributed by atoms with Crippen molar-refractivity contribution in [2.75, 3.05) is 6.61 Å². The lowest BCUT2D eigenvalue weighted by Crippen LogP contribution is -2.04. The molecule has 1 aromatic heterocycles. The monoisotopic (exact) mass is 153 g/mol. The molecule has 11 heavy (non-hydrogen) atoms. The molecule has 2 rings (SSSR count). The van der Waals surface area contributed by atoms with Gasteiger partial charge in [0, 0.05) is 0 Å². The van der Waals surface area contributed by atoms with Gasteiger partial charge in [0.2, 0.25) is 0 Å². The molecule has 0 bridgehead atoms. The molecule has 1 aromatic rings. The van der Waals surface area contributed by atoms with Gasteiger partial charge in [-0.1, -0.05) is 5.16 Å². The highest BCUT2D eigenvalue weighted by Crippen LogP contribution is 2.41. The number of ether oxygens (including phenoxy) is 1. The van der Waals surface area contributed by atoms with Gasteiger partial charge in [-0.2, -0.15) is 0 Å². The van der Waals surface area contributed by atoms with Crippen LogP contribution in [0.1, 0.15) is 23.9 Å². The molecule has 0 N–H and O–H groups in total. The largest absolute Gasteiger partial charge is 0.365 e. The summed E-state index contributed by atoms with van der Waals surface area (Å²) in [6.07, 6.45) is 0. The highest BCUT2D eigenvalue weighted by atomic mass is 16.6. The van der Waals surface area contributed by atoms with Gasteiger partial charge in [0.1, 0.15) is 11.4 Å². The van der Waals surface area contributed by atoms with Crippen molar-refractivity contribution >= 4 is 0 Å². The topological polar surface area (TPSA) is 38.6 Å². The molecule has 0 saturated carbocycles. The second kappa shape index (κ2) is 1.85. The van der Waals surface area contributed by atoms with Crippen LogP contribution in [-0.2, 0) is 10.3 Å². The SMILES string of the molecule is Cc1noc(C)c1C1(C)CO1. The molecule has 1 atom stereocenters. The molecule has 0 aromatic carbocycles. The Kier molecular flexibility index (Phi) is 1.16. The smallest absolute Gasteiger partial charge is 0.140 e. The molecule has 0 aliphatic carbocycles. The second-order valence-corrected chi connectivity index (χ2v) is 3.22. The first-order valence-electron chi connectivity index (χ1n) is 3.71. The Hall–Kier alpha value is -0.830. The standard InChI is InChI=1S/C8H11NO2/c1-5-7(6(2)11-9-5)8(3)4-10-8/h4H2,1-3H3. The Labute approximate surface area is 65.3 Å². The van der Waals surface area contributed by atoms with Crippen LogP contribution < -0.4 is 0 Å². The molecule has 0 radical (unpaired) electrons. The van der Waals surface area contributed by atoms with E-state index in [4.69, 9.17) is 9.26 Å².